The summed E-state index contributed by atoms with van der Waals surface area (Å²) in [5.41, 5.74) is 10.4. The molecule has 1 aliphatic rings. The molecule has 0 unspecified atom stereocenters. The number of pyridine rings is 1. The van der Waals surface area contributed by atoms with Crippen LogP contribution in [0.25, 0.3) is 0 Å². The van der Waals surface area contributed by atoms with E-state index in [0.29, 0.717) is 12.4 Å². The third-order valence-electron chi connectivity index (χ3n) is 4.19. The summed E-state index contributed by atoms with van der Waals surface area (Å²) in [4.78, 5) is 6.81. The SMILES string of the molecule is Cc1cc(C)cc(OCc2cc(N3CCCCC3)cc(N)n2)c1. The van der Waals surface area contributed by atoms with Gasteiger partial charge in [-0.1, -0.05) is 6.07 Å². The van der Waals surface area contributed by atoms with E-state index in [9.17, 15) is 0 Å². The van der Waals surface area contributed by atoms with E-state index < -0.39 is 0 Å². The summed E-state index contributed by atoms with van der Waals surface area (Å²) in [6.45, 7) is 6.79. The maximum Gasteiger partial charge on any atom is 0.130 e. The molecule has 0 bridgehead atoms. The van der Waals surface area contributed by atoms with Crippen molar-refractivity contribution < 1.29 is 4.74 Å². The van der Waals surface area contributed by atoms with Crippen molar-refractivity contribution in [3.8, 4) is 5.75 Å². The first-order chi connectivity index (χ1) is 11.1. The van der Waals surface area contributed by atoms with E-state index in [1.807, 2.05) is 18.2 Å². The highest BCUT2D eigenvalue weighted by Crippen LogP contribution is 2.23. The quantitative estimate of drug-likeness (QED) is 0.932. The Morgan fingerprint density at radius 1 is 1.00 bits per heavy atom. The normalized spacial score (nSPS) is 14.8. The molecule has 1 aliphatic heterocycles. The van der Waals surface area contributed by atoms with E-state index in [0.717, 1.165) is 30.2 Å². The minimum absolute atomic E-state index is 0.439. The molecule has 0 spiro atoms. The third-order valence-corrected chi connectivity index (χ3v) is 4.19. The second kappa shape index (κ2) is 6.90. The number of nitrogens with two attached hydrogens (primary N) is 1. The van der Waals surface area contributed by atoms with Crippen LogP contribution < -0.4 is 15.4 Å². The molecule has 2 heterocycles. The lowest BCUT2D eigenvalue weighted by Crippen LogP contribution is -2.29. The maximum atomic E-state index is 5.99. The molecule has 0 aliphatic carbocycles. The van der Waals surface area contributed by atoms with E-state index >= 15 is 0 Å². The van der Waals surface area contributed by atoms with Crippen molar-refractivity contribution in [2.45, 2.75) is 39.7 Å². The Labute approximate surface area is 138 Å². The van der Waals surface area contributed by atoms with Crippen molar-refractivity contribution in [1.29, 1.82) is 0 Å². The van der Waals surface area contributed by atoms with Gasteiger partial charge in [0, 0.05) is 24.8 Å². The fourth-order valence-corrected chi connectivity index (χ4v) is 3.18. The van der Waals surface area contributed by atoms with Crippen LogP contribution in [0.2, 0.25) is 0 Å². The molecule has 2 N–H and O–H groups in total. The summed E-state index contributed by atoms with van der Waals surface area (Å²) in [5, 5.41) is 0. The Morgan fingerprint density at radius 2 is 1.70 bits per heavy atom. The molecule has 1 aromatic heterocycles. The molecule has 4 heteroatoms. The molecule has 122 valence electrons. The van der Waals surface area contributed by atoms with E-state index in [4.69, 9.17) is 10.5 Å². The highest BCUT2D eigenvalue weighted by Gasteiger charge is 2.13. The summed E-state index contributed by atoms with van der Waals surface area (Å²) in [7, 11) is 0. The first kappa shape index (κ1) is 15.7. The maximum absolute atomic E-state index is 5.99. The largest absolute Gasteiger partial charge is 0.487 e. The lowest BCUT2D eigenvalue weighted by molar-refractivity contribution is 0.301. The molecular weight excluding hydrogens is 286 g/mol. The highest BCUT2D eigenvalue weighted by molar-refractivity contribution is 5.54. The van der Waals surface area contributed by atoms with Crippen LogP contribution in [-0.2, 0) is 6.61 Å². The van der Waals surface area contributed by atoms with Crippen molar-refractivity contribution in [3.63, 3.8) is 0 Å². The number of nitrogens with zero attached hydrogens (tertiary/aromatic N) is 2. The molecule has 2 aromatic rings. The molecule has 4 nitrogen and oxygen atoms in total. The molecule has 0 atom stereocenters. The third kappa shape index (κ3) is 4.15. The zero-order chi connectivity index (χ0) is 16.2. The fraction of sp³-hybridized carbons (Fsp3) is 0.421. The molecule has 1 aromatic carbocycles. The lowest BCUT2D eigenvalue weighted by atomic mass is 10.1. The molecular formula is C19H25N3O. The number of benzene rings is 1. The summed E-state index contributed by atoms with van der Waals surface area (Å²) >= 11 is 0. The van der Waals surface area contributed by atoms with Gasteiger partial charge in [0.2, 0.25) is 0 Å². The topological polar surface area (TPSA) is 51.4 Å². The average Bonchev–Trinajstić information content (AvgIpc) is 2.52. The number of aryl methyl sites for hydroxylation is 2. The van der Waals surface area contributed by atoms with Gasteiger partial charge in [-0.05, 0) is 62.4 Å². The second-order valence-electron chi connectivity index (χ2n) is 6.40. The van der Waals surface area contributed by atoms with E-state index in [-0.39, 0.29) is 0 Å². The summed E-state index contributed by atoms with van der Waals surface area (Å²) in [6, 6.07) is 10.3. The van der Waals surface area contributed by atoms with Gasteiger partial charge in [-0.2, -0.15) is 0 Å². The minimum atomic E-state index is 0.439. The monoisotopic (exact) mass is 311 g/mol. The van der Waals surface area contributed by atoms with Crippen LogP contribution >= 0.6 is 0 Å². The predicted octanol–water partition coefficient (Wildman–Crippen LogP) is 3.85. The first-order valence-electron chi connectivity index (χ1n) is 8.33. The van der Waals surface area contributed by atoms with Crippen LogP contribution in [0, 0.1) is 13.8 Å². The van der Waals surface area contributed by atoms with E-state index in [2.05, 4.69) is 35.9 Å². The van der Waals surface area contributed by atoms with Crippen molar-refractivity contribution >= 4 is 11.5 Å². The van der Waals surface area contributed by atoms with Crippen LogP contribution in [0.1, 0.15) is 36.1 Å². The van der Waals surface area contributed by atoms with Gasteiger partial charge >= 0.3 is 0 Å². The summed E-state index contributed by atoms with van der Waals surface area (Å²) in [6.07, 6.45) is 3.81. The second-order valence-corrected chi connectivity index (χ2v) is 6.40. The van der Waals surface area contributed by atoms with Gasteiger partial charge in [-0.25, -0.2) is 4.98 Å². The molecule has 23 heavy (non-hydrogen) atoms. The number of nitrogen functional groups attached to an aromatic ring is 1. The van der Waals surface area contributed by atoms with E-state index in [1.54, 1.807) is 0 Å². The number of rotatable bonds is 4. The van der Waals surface area contributed by atoms with Gasteiger partial charge in [0.15, 0.2) is 0 Å². The van der Waals surface area contributed by atoms with Crippen molar-refractivity contribution in [2.24, 2.45) is 0 Å². The van der Waals surface area contributed by atoms with Gasteiger partial charge < -0.3 is 15.4 Å². The summed E-state index contributed by atoms with van der Waals surface area (Å²) in [5.74, 6) is 1.44. The first-order valence-corrected chi connectivity index (χ1v) is 8.33. The Balaban J connectivity index is 1.73. The summed E-state index contributed by atoms with van der Waals surface area (Å²) < 4.78 is 5.91. The van der Waals surface area contributed by atoms with Gasteiger partial charge in [0.1, 0.15) is 18.2 Å². The van der Waals surface area contributed by atoms with Crippen LogP contribution in [0.4, 0.5) is 11.5 Å². The number of hydrogen-bond acceptors (Lipinski definition) is 4. The zero-order valence-electron chi connectivity index (χ0n) is 14.0. The average molecular weight is 311 g/mol. The standard InChI is InChI=1S/C19H25N3O/c1-14-8-15(2)10-18(9-14)23-13-16-11-17(12-19(20)21-16)22-6-4-3-5-7-22/h8-12H,3-7,13H2,1-2H3,(H2,20,21). The molecule has 1 saturated heterocycles. The molecule has 0 amide bonds. The van der Waals surface area contributed by atoms with Crippen molar-refractivity contribution in [1.82, 2.24) is 4.98 Å². The molecule has 3 rings (SSSR count). The minimum Gasteiger partial charge on any atom is -0.487 e. The van der Waals surface area contributed by atoms with Gasteiger partial charge in [-0.3, -0.25) is 0 Å². The van der Waals surface area contributed by atoms with Gasteiger partial charge in [-0.15, -0.1) is 0 Å². The Bertz CT molecular complexity index is 658. The Morgan fingerprint density at radius 3 is 2.39 bits per heavy atom. The van der Waals surface area contributed by atoms with Crippen LogP contribution in [0.5, 0.6) is 5.75 Å². The number of hydrogen-bond donors (Lipinski definition) is 1. The number of piperidine rings is 1. The molecule has 1 fully saturated rings. The van der Waals surface area contributed by atoms with Crippen LogP contribution in [0.3, 0.4) is 0 Å². The predicted molar refractivity (Wildman–Crippen MR) is 95.0 cm³/mol. The number of anilines is 2. The Hall–Kier alpha value is -2.23. The van der Waals surface area contributed by atoms with Crippen molar-refractivity contribution in [2.75, 3.05) is 23.7 Å². The highest BCUT2D eigenvalue weighted by atomic mass is 16.5. The van der Waals surface area contributed by atoms with Crippen LogP contribution in [-0.4, -0.2) is 18.1 Å². The molecule has 0 radical (unpaired) electrons. The van der Waals surface area contributed by atoms with Crippen molar-refractivity contribution in [3.05, 3.63) is 47.2 Å². The Kier molecular flexibility index (Phi) is 4.70. The number of ether oxygens (including phenoxy) is 1. The lowest BCUT2D eigenvalue weighted by Gasteiger charge is -2.29. The van der Waals surface area contributed by atoms with Gasteiger partial charge in [0.05, 0.1) is 5.69 Å². The molecule has 0 saturated carbocycles. The fourth-order valence-electron chi connectivity index (χ4n) is 3.18. The zero-order valence-corrected chi connectivity index (χ0v) is 14.0. The van der Waals surface area contributed by atoms with Crippen LogP contribution in [0.15, 0.2) is 30.3 Å². The van der Waals surface area contributed by atoms with E-state index in [1.165, 1.54) is 30.4 Å². The smallest absolute Gasteiger partial charge is 0.130 e. The number of aromatic nitrogens is 1. The van der Waals surface area contributed by atoms with Gasteiger partial charge in [0.25, 0.3) is 0 Å².